The van der Waals surface area contributed by atoms with E-state index in [0.717, 1.165) is 23.0 Å². The maximum absolute atomic E-state index is 6.06. The number of rotatable bonds is 3. The summed E-state index contributed by atoms with van der Waals surface area (Å²) in [5.74, 6) is 5.39. The van der Waals surface area contributed by atoms with Crippen LogP contribution in [0.25, 0.3) is 11.0 Å². The lowest BCUT2D eigenvalue weighted by molar-refractivity contribution is 0.297. The van der Waals surface area contributed by atoms with Gasteiger partial charge in [0.05, 0.1) is 24.2 Å². The molecule has 1 atom stereocenters. The molecular formula is C21H19N5O3. The van der Waals surface area contributed by atoms with Crippen LogP contribution in [0.4, 0.5) is 5.95 Å². The molecule has 8 heteroatoms. The fourth-order valence-corrected chi connectivity index (χ4v) is 3.58. The van der Waals surface area contributed by atoms with E-state index in [0.29, 0.717) is 36.4 Å². The van der Waals surface area contributed by atoms with Gasteiger partial charge in [0, 0.05) is 24.1 Å². The second-order valence-corrected chi connectivity index (χ2v) is 6.69. The number of ether oxygens (including phenoxy) is 3. The van der Waals surface area contributed by atoms with Gasteiger partial charge in [-0.2, -0.15) is 0 Å². The number of anilines is 1. The van der Waals surface area contributed by atoms with E-state index in [2.05, 4.69) is 16.2 Å². The average molecular weight is 389 g/mol. The maximum atomic E-state index is 6.06. The number of benzene rings is 2. The van der Waals surface area contributed by atoms with Gasteiger partial charge >= 0.3 is 0 Å². The molecule has 3 heterocycles. The Morgan fingerprint density at radius 3 is 2.86 bits per heavy atom. The van der Waals surface area contributed by atoms with Crippen molar-refractivity contribution in [3.05, 3.63) is 42.0 Å². The predicted molar refractivity (Wildman–Crippen MR) is 109 cm³/mol. The van der Waals surface area contributed by atoms with Crippen LogP contribution in [0.15, 0.2) is 41.4 Å². The minimum absolute atomic E-state index is 0.164. The van der Waals surface area contributed by atoms with E-state index in [1.54, 1.807) is 0 Å². The molecule has 3 aromatic rings. The van der Waals surface area contributed by atoms with E-state index in [1.165, 1.54) is 0 Å². The number of para-hydroxylation sites is 1. The molecule has 8 nitrogen and oxygen atoms in total. The number of hydrogen-bond acceptors (Lipinski definition) is 7. The molecule has 0 saturated carbocycles. The molecule has 29 heavy (non-hydrogen) atoms. The molecule has 2 aromatic carbocycles. The maximum Gasteiger partial charge on any atom is 0.212 e. The summed E-state index contributed by atoms with van der Waals surface area (Å²) in [5.41, 5.74) is 8.50. The summed E-state index contributed by atoms with van der Waals surface area (Å²) >= 11 is 0. The molecule has 0 aliphatic carbocycles. The molecule has 2 aliphatic rings. The highest BCUT2D eigenvalue weighted by molar-refractivity contribution is 5.95. The van der Waals surface area contributed by atoms with Gasteiger partial charge in [-0.3, -0.25) is 9.88 Å². The van der Waals surface area contributed by atoms with Crippen LogP contribution >= 0.6 is 0 Å². The molecule has 1 aromatic heterocycles. The largest absolute Gasteiger partial charge is 0.489 e. The van der Waals surface area contributed by atoms with Crippen molar-refractivity contribution < 1.29 is 14.2 Å². The van der Waals surface area contributed by atoms with Crippen LogP contribution in [0.5, 0.6) is 17.2 Å². The topological polar surface area (TPSA) is 95.9 Å². The number of fused-ring (bicyclic) bond motifs is 4. The Morgan fingerprint density at radius 2 is 2.03 bits per heavy atom. The number of aliphatic imine (C=N–C) groups is 1. The first-order valence-electron chi connectivity index (χ1n) is 9.31. The standard InChI is InChI=1S/C21H19N5O3/c1-2-8-27-16-7-4-3-6-13(16)19-24-20(22)25-21-23-14-11-17-18(12-15(14)26(19)21)29-10-5-9-28-17/h1,3-4,6-7,11-12,19H,5,8-10H2,(H3,22,23,24,25). The van der Waals surface area contributed by atoms with Crippen molar-refractivity contribution in [2.45, 2.75) is 12.6 Å². The SMILES string of the molecule is C#CCOc1ccccc1C1N=C(N)Nc2nc3cc4c(cc3n21)OCCCO4. The first kappa shape index (κ1) is 17.3. The summed E-state index contributed by atoms with van der Waals surface area (Å²) < 4.78 is 19.4. The Morgan fingerprint density at radius 1 is 1.24 bits per heavy atom. The molecule has 2 aliphatic heterocycles. The lowest BCUT2D eigenvalue weighted by Crippen LogP contribution is -2.31. The Kier molecular flexibility index (Phi) is 4.13. The van der Waals surface area contributed by atoms with Gasteiger partial charge in [-0.25, -0.2) is 9.98 Å². The van der Waals surface area contributed by atoms with E-state index in [9.17, 15) is 0 Å². The van der Waals surface area contributed by atoms with Gasteiger partial charge in [0.25, 0.3) is 0 Å². The molecule has 146 valence electrons. The fraction of sp³-hybridized carbons (Fsp3) is 0.238. The number of terminal acetylenes is 1. The second-order valence-electron chi connectivity index (χ2n) is 6.69. The van der Waals surface area contributed by atoms with Crippen LogP contribution in [-0.4, -0.2) is 35.3 Å². The van der Waals surface area contributed by atoms with Crippen LogP contribution < -0.4 is 25.3 Å². The van der Waals surface area contributed by atoms with E-state index >= 15 is 0 Å². The van der Waals surface area contributed by atoms with Gasteiger partial charge in [-0.15, -0.1) is 6.42 Å². The summed E-state index contributed by atoms with van der Waals surface area (Å²) in [6, 6.07) is 11.4. The highest BCUT2D eigenvalue weighted by Crippen LogP contribution is 2.40. The van der Waals surface area contributed by atoms with Gasteiger partial charge in [0.15, 0.2) is 23.6 Å². The average Bonchev–Trinajstić information content (AvgIpc) is 2.91. The lowest BCUT2D eigenvalue weighted by atomic mass is 10.1. The zero-order valence-corrected chi connectivity index (χ0v) is 15.6. The van der Waals surface area contributed by atoms with Gasteiger partial charge in [-0.1, -0.05) is 24.1 Å². The number of nitrogens with one attached hydrogen (secondary N) is 1. The Labute approximate surface area is 167 Å². The molecule has 0 saturated heterocycles. The number of nitrogens with zero attached hydrogens (tertiary/aromatic N) is 3. The van der Waals surface area contributed by atoms with E-state index in [1.807, 2.05) is 41.0 Å². The smallest absolute Gasteiger partial charge is 0.212 e. The molecule has 0 amide bonds. The molecule has 0 bridgehead atoms. The summed E-state index contributed by atoms with van der Waals surface area (Å²) in [6.07, 6.45) is 5.74. The van der Waals surface area contributed by atoms with Crippen molar-refractivity contribution in [3.8, 4) is 29.6 Å². The normalized spacial score (nSPS) is 17.5. The minimum Gasteiger partial charge on any atom is -0.489 e. The minimum atomic E-state index is -0.463. The van der Waals surface area contributed by atoms with E-state index in [-0.39, 0.29) is 12.6 Å². The van der Waals surface area contributed by atoms with Crippen LogP contribution in [0.2, 0.25) is 0 Å². The number of hydrogen-bond donors (Lipinski definition) is 2. The third kappa shape index (κ3) is 2.97. The monoisotopic (exact) mass is 389 g/mol. The van der Waals surface area contributed by atoms with Gasteiger partial charge in [-0.05, 0) is 6.07 Å². The van der Waals surface area contributed by atoms with Crippen LogP contribution in [0.1, 0.15) is 18.2 Å². The zero-order chi connectivity index (χ0) is 19.8. The highest BCUT2D eigenvalue weighted by atomic mass is 16.5. The summed E-state index contributed by atoms with van der Waals surface area (Å²) in [6.45, 7) is 1.38. The highest BCUT2D eigenvalue weighted by Gasteiger charge is 2.28. The zero-order valence-electron chi connectivity index (χ0n) is 15.6. The van der Waals surface area contributed by atoms with Crippen molar-refractivity contribution in [2.75, 3.05) is 25.1 Å². The van der Waals surface area contributed by atoms with Crippen molar-refractivity contribution in [1.29, 1.82) is 0 Å². The molecule has 3 N–H and O–H groups in total. The van der Waals surface area contributed by atoms with Gasteiger partial charge in [0.2, 0.25) is 5.95 Å². The van der Waals surface area contributed by atoms with Crippen molar-refractivity contribution in [3.63, 3.8) is 0 Å². The van der Waals surface area contributed by atoms with Crippen LogP contribution in [0, 0.1) is 12.3 Å². The molecular weight excluding hydrogens is 370 g/mol. The van der Waals surface area contributed by atoms with Crippen LogP contribution in [0.3, 0.4) is 0 Å². The second kappa shape index (κ2) is 6.95. The molecule has 0 radical (unpaired) electrons. The van der Waals surface area contributed by atoms with E-state index < -0.39 is 6.17 Å². The molecule has 1 unspecified atom stereocenters. The lowest BCUT2D eigenvalue weighted by Gasteiger charge is -2.25. The van der Waals surface area contributed by atoms with Crippen molar-refractivity contribution in [2.24, 2.45) is 10.7 Å². The quantitative estimate of drug-likeness (QED) is 0.668. The summed E-state index contributed by atoms with van der Waals surface area (Å²) in [4.78, 5) is 9.31. The Balaban J connectivity index is 1.68. The Hall–Kier alpha value is -3.86. The summed E-state index contributed by atoms with van der Waals surface area (Å²) in [5, 5.41) is 3.04. The summed E-state index contributed by atoms with van der Waals surface area (Å²) in [7, 11) is 0. The predicted octanol–water partition coefficient (Wildman–Crippen LogP) is 2.50. The van der Waals surface area contributed by atoms with Gasteiger partial charge < -0.3 is 19.9 Å². The van der Waals surface area contributed by atoms with Crippen molar-refractivity contribution in [1.82, 2.24) is 9.55 Å². The van der Waals surface area contributed by atoms with Crippen LogP contribution in [-0.2, 0) is 0 Å². The molecule has 5 rings (SSSR count). The first-order chi connectivity index (χ1) is 14.2. The molecule has 0 fully saturated rings. The first-order valence-corrected chi connectivity index (χ1v) is 9.31. The van der Waals surface area contributed by atoms with E-state index in [4.69, 9.17) is 31.4 Å². The van der Waals surface area contributed by atoms with Crippen molar-refractivity contribution >= 4 is 22.9 Å². The third-order valence-corrected chi connectivity index (χ3v) is 4.81. The third-order valence-electron chi connectivity index (χ3n) is 4.81. The fourth-order valence-electron chi connectivity index (χ4n) is 3.58. The molecule has 0 spiro atoms. The Bertz CT molecular complexity index is 1160. The van der Waals surface area contributed by atoms with Gasteiger partial charge in [0.1, 0.15) is 12.4 Å². The number of aromatic nitrogens is 2. The number of guanidine groups is 1. The number of nitrogens with two attached hydrogens (primary N) is 1. The number of imidazole rings is 1.